The van der Waals surface area contributed by atoms with Gasteiger partial charge >= 0.3 is 0 Å². The zero-order chi connectivity index (χ0) is 27.4. The lowest BCUT2D eigenvalue weighted by Crippen LogP contribution is -2.33. The molecular weight excluding hydrogens is 508 g/mol. The van der Waals surface area contributed by atoms with Crippen LogP contribution in [0.25, 0.3) is 0 Å². The van der Waals surface area contributed by atoms with E-state index in [1.165, 1.54) is 0 Å². The molecule has 4 aromatic rings. The molecule has 2 N–H and O–H groups in total. The summed E-state index contributed by atoms with van der Waals surface area (Å²) < 4.78 is 7.68. The van der Waals surface area contributed by atoms with Crippen molar-refractivity contribution < 1.29 is 9.53 Å². The molecule has 0 radical (unpaired) electrons. The molecule has 0 unspecified atom stereocenters. The third kappa shape index (κ3) is 5.63. The first-order valence-electron chi connectivity index (χ1n) is 12.9. The van der Waals surface area contributed by atoms with Gasteiger partial charge in [-0.25, -0.2) is 0 Å². The smallest absolute Gasteiger partial charge is 0.226 e. The van der Waals surface area contributed by atoms with Crippen molar-refractivity contribution in [2.75, 3.05) is 19.0 Å². The van der Waals surface area contributed by atoms with Gasteiger partial charge in [0, 0.05) is 49.5 Å². The van der Waals surface area contributed by atoms with Crippen LogP contribution in [0, 0.1) is 13.8 Å². The number of anilines is 1. The van der Waals surface area contributed by atoms with E-state index in [9.17, 15) is 4.79 Å². The van der Waals surface area contributed by atoms with Crippen molar-refractivity contribution in [3.63, 3.8) is 0 Å². The third-order valence-electron chi connectivity index (χ3n) is 7.15. The molecule has 3 aromatic heterocycles. The number of rotatable bonds is 9. The zero-order valence-corrected chi connectivity index (χ0v) is 23.1. The number of ether oxygens (including phenoxy) is 1. The van der Waals surface area contributed by atoms with Crippen LogP contribution in [0.4, 0.5) is 5.69 Å². The summed E-state index contributed by atoms with van der Waals surface area (Å²) in [5, 5.41) is 7.07. The first kappa shape index (κ1) is 26.4. The van der Waals surface area contributed by atoms with Crippen molar-refractivity contribution in [3.05, 3.63) is 107 Å². The van der Waals surface area contributed by atoms with Crippen LogP contribution >= 0.6 is 12.2 Å². The fraction of sp³-hybridized carbons (Fsp3) is 0.267. The van der Waals surface area contributed by atoms with E-state index >= 15 is 0 Å². The third-order valence-corrected chi connectivity index (χ3v) is 7.51. The number of carbonyl (C=O) groups is 1. The van der Waals surface area contributed by atoms with E-state index in [4.69, 9.17) is 17.0 Å². The highest BCUT2D eigenvalue weighted by molar-refractivity contribution is 7.80. The minimum Gasteiger partial charge on any atom is -0.495 e. The zero-order valence-electron chi connectivity index (χ0n) is 22.3. The molecule has 9 heteroatoms. The molecule has 1 aliphatic rings. The second-order valence-electron chi connectivity index (χ2n) is 9.59. The van der Waals surface area contributed by atoms with Crippen LogP contribution in [0.3, 0.4) is 0 Å². The van der Waals surface area contributed by atoms with Gasteiger partial charge in [-0.1, -0.05) is 24.3 Å². The van der Waals surface area contributed by atoms with E-state index in [1.807, 2.05) is 54.7 Å². The fourth-order valence-electron chi connectivity index (χ4n) is 5.21. The largest absolute Gasteiger partial charge is 0.495 e. The van der Waals surface area contributed by atoms with Crippen LogP contribution in [0.1, 0.15) is 46.7 Å². The number of aryl methyl sites for hydroxylation is 1. The van der Waals surface area contributed by atoms with Gasteiger partial charge in [-0.05, 0) is 73.6 Å². The first-order valence-corrected chi connectivity index (χ1v) is 13.3. The minimum absolute atomic E-state index is 0.107. The first-order chi connectivity index (χ1) is 19.0. The van der Waals surface area contributed by atoms with Crippen LogP contribution in [0.2, 0.25) is 0 Å². The maximum absolute atomic E-state index is 13.0. The van der Waals surface area contributed by atoms with Crippen LogP contribution in [-0.2, 0) is 11.3 Å². The molecule has 1 fully saturated rings. The molecule has 4 heterocycles. The lowest BCUT2D eigenvalue weighted by molar-refractivity contribution is -0.116. The molecule has 0 bridgehead atoms. The Bertz CT molecular complexity index is 1460. The van der Waals surface area contributed by atoms with Crippen molar-refractivity contribution >= 4 is 28.9 Å². The molecule has 39 heavy (non-hydrogen) atoms. The Kier molecular flexibility index (Phi) is 7.88. The molecule has 1 aliphatic heterocycles. The standard InChI is InChI=1S/C30H32N6O2S/c1-20-17-23(21(2)36(20)19-22-9-8-14-31-18-22)29-28(25-11-6-7-15-32-25)34-30(39)35(29)16-13-27(37)33-24-10-4-5-12-26(24)38-3/h4-12,14-15,17-18,28-29H,13,16,19H2,1-3H3,(H,33,37)(H,34,39)/t28-,29-/m1/s1. The molecule has 2 atom stereocenters. The maximum atomic E-state index is 13.0. The summed E-state index contributed by atoms with van der Waals surface area (Å²) in [5.74, 6) is 0.516. The quantitative estimate of drug-likeness (QED) is 0.291. The van der Waals surface area contributed by atoms with E-state index < -0.39 is 0 Å². The predicted octanol–water partition coefficient (Wildman–Crippen LogP) is 4.95. The van der Waals surface area contributed by atoms with Gasteiger partial charge in [0.05, 0.1) is 30.6 Å². The summed E-state index contributed by atoms with van der Waals surface area (Å²) in [7, 11) is 1.59. The van der Waals surface area contributed by atoms with Gasteiger partial charge in [-0.3, -0.25) is 14.8 Å². The Labute approximate surface area is 234 Å². The highest BCUT2D eigenvalue weighted by Gasteiger charge is 2.41. The van der Waals surface area contributed by atoms with Crippen molar-refractivity contribution in [2.45, 2.75) is 38.9 Å². The number of benzene rings is 1. The van der Waals surface area contributed by atoms with Gasteiger partial charge in [0.25, 0.3) is 0 Å². The van der Waals surface area contributed by atoms with E-state index in [1.54, 1.807) is 19.5 Å². The van der Waals surface area contributed by atoms with E-state index in [2.05, 4.69) is 56.0 Å². The Balaban J connectivity index is 1.43. The van der Waals surface area contributed by atoms with Crippen molar-refractivity contribution in [2.24, 2.45) is 0 Å². The van der Waals surface area contributed by atoms with Gasteiger partial charge in [0.1, 0.15) is 5.75 Å². The van der Waals surface area contributed by atoms with E-state index in [0.29, 0.717) is 23.1 Å². The Morgan fingerprint density at radius 2 is 1.92 bits per heavy atom. The molecule has 1 amide bonds. The van der Waals surface area contributed by atoms with E-state index in [0.717, 1.165) is 34.8 Å². The molecule has 200 valence electrons. The summed E-state index contributed by atoms with van der Waals surface area (Å²) in [6, 6.07) is 19.3. The van der Waals surface area contributed by atoms with Gasteiger partial charge in [-0.15, -0.1) is 0 Å². The van der Waals surface area contributed by atoms with Crippen molar-refractivity contribution in [3.8, 4) is 5.75 Å². The molecule has 5 rings (SSSR count). The minimum atomic E-state index is -0.150. The number of thiocarbonyl (C=S) groups is 1. The topological polar surface area (TPSA) is 84.3 Å². The fourth-order valence-corrected chi connectivity index (χ4v) is 5.54. The number of aromatic nitrogens is 3. The number of para-hydroxylation sites is 2. The molecule has 0 spiro atoms. The van der Waals surface area contributed by atoms with Gasteiger partial charge < -0.3 is 24.8 Å². The van der Waals surface area contributed by atoms with Crippen molar-refractivity contribution in [1.82, 2.24) is 24.8 Å². The number of nitrogens with zero attached hydrogens (tertiary/aromatic N) is 4. The van der Waals surface area contributed by atoms with Gasteiger partial charge in [-0.2, -0.15) is 0 Å². The molecular formula is C30H32N6O2S. The van der Waals surface area contributed by atoms with E-state index in [-0.39, 0.29) is 24.4 Å². The number of pyridine rings is 2. The van der Waals surface area contributed by atoms with Gasteiger partial charge in [0.2, 0.25) is 5.91 Å². The summed E-state index contributed by atoms with van der Waals surface area (Å²) in [4.78, 5) is 24.0. The second kappa shape index (κ2) is 11.7. The average Bonchev–Trinajstić information content (AvgIpc) is 3.43. The average molecular weight is 541 g/mol. The highest BCUT2D eigenvalue weighted by atomic mass is 32.1. The number of carbonyl (C=O) groups excluding carboxylic acids is 1. The van der Waals surface area contributed by atoms with Crippen LogP contribution in [-0.4, -0.2) is 44.1 Å². The van der Waals surface area contributed by atoms with Crippen LogP contribution in [0.5, 0.6) is 5.75 Å². The van der Waals surface area contributed by atoms with Gasteiger partial charge in [0.15, 0.2) is 5.11 Å². The monoisotopic (exact) mass is 540 g/mol. The lowest BCUT2D eigenvalue weighted by Gasteiger charge is -2.28. The maximum Gasteiger partial charge on any atom is 0.226 e. The number of nitrogens with one attached hydrogen (secondary N) is 2. The number of hydrogen-bond donors (Lipinski definition) is 2. The summed E-state index contributed by atoms with van der Waals surface area (Å²) >= 11 is 5.82. The summed E-state index contributed by atoms with van der Waals surface area (Å²) in [6.45, 7) is 5.44. The Hall–Kier alpha value is -4.24. The number of hydrogen-bond acceptors (Lipinski definition) is 5. The molecule has 1 aromatic carbocycles. The molecule has 0 saturated carbocycles. The predicted molar refractivity (Wildman–Crippen MR) is 156 cm³/mol. The van der Waals surface area contributed by atoms with Crippen LogP contribution in [0.15, 0.2) is 79.3 Å². The Morgan fingerprint density at radius 3 is 2.67 bits per heavy atom. The summed E-state index contributed by atoms with van der Waals surface area (Å²) in [6.07, 6.45) is 5.74. The second-order valence-corrected chi connectivity index (χ2v) is 9.98. The summed E-state index contributed by atoms with van der Waals surface area (Å²) in [5.41, 5.74) is 6.15. The Morgan fingerprint density at radius 1 is 1.10 bits per heavy atom. The number of amides is 1. The lowest BCUT2D eigenvalue weighted by atomic mass is 9.96. The van der Waals surface area contributed by atoms with Crippen molar-refractivity contribution in [1.29, 1.82) is 0 Å². The number of methoxy groups -OCH3 is 1. The SMILES string of the molecule is COc1ccccc1NC(=O)CCN1C(=S)N[C@H](c2ccccn2)[C@H]1c1cc(C)n(Cc2cccnc2)c1C. The van der Waals surface area contributed by atoms with Crippen LogP contribution < -0.4 is 15.4 Å². The highest BCUT2D eigenvalue weighted by Crippen LogP contribution is 2.41. The molecule has 8 nitrogen and oxygen atoms in total. The normalized spacial score (nSPS) is 16.7. The molecule has 0 aliphatic carbocycles. The molecule has 1 saturated heterocycles.